The Bertz CT molecular complexity index is 738. The zero-order valence-electron chi connectivity index (χ0n) is 12.4. The summed E-state index contributed by atoms with van der Waals surface area (Å²) in [5.41, 5.74) is 2.70. The smallest absolute Gasteiger partial charge is 0.270 e. The molecule has 5 heteroatoms. The van der Waals surface area contributed by atoms with E-state index < -0.39 is 0 Å². The summed E-state index contributed by atoms with van der Waals surface area (Å²) in [6, 6.07) is 8.09. The molecule has 0 bridgehead atoms. The Labute approximate surface area is 123 Å². The maximum Gasteiger partial charge on any atom is 0.270 e. The predicted molar refractivity (Wildman–Crippen MR) is 81.7 cm³/mol. The fourth-order valence-corrected chi connectivity index (χ4v) is 2.85. The Balaban J connectivity index is 2.16. The van der Waals surface area contributed by atoms with Crippen molar-refractivity contribution in [1.29, 1.82) is 0 Å². The summed E-state index contributed by atoms with van der Waals surface area (Å²) in [5.74, 6) is 0.372. The van der Waals surface area contributed by atoms with Gasteiger partial charge in [-0.05, 0) is 26.3 Å². The highest BCUT2D eigenvalue weighted by atomic mass is 16.2. The number of benzene rings is 1. The second-order valence-electron chi connectivity index (χ2n) is 5.88. The van der Waals surface area contributed by atoms with Crippen molar-refractivity contribution in [3.05, 3.63) is 51.3 Å². The van der Waals surface area contributed by atoms with Crippen LogP contribution in [0.3, 0.4) is 0 Å². The van der Waals surface area contributed by atoms with Crippen LogP contribution >= 0.6 is 0 Å². The van der Waals surface area contributed by atoms with Gasteiger partial charge in [0.1, 0.15) is 5.82 Å². The van der Waals surface area contributed by atoms with E-state index in [0.717, 1.165) is 11.1 Å². The monoisotopic (exact) mass is 285 g/mol. The molecule has 2 N–H and O–H groups in total. The van der Waals surface area contributed by atoms with Crippen LogP contribution in [-0.4, -0.2) is 15.7 Å². The maximum absolute atomic E-state index is 12.3. The molecule has 0 aliphatic carbocycles. The van der Waals surface area contributed by atoms with Gasteiger partial charge in [-0.1, -0.05) is 29.8 Å². The number of amides is 1. The Hall–Kier alpha value is -2.30. The standard InChI is InChI=1S/C16H19N3O2/c1-9(2)19-15-14(16(21)18-19)12(8-13(20)17-15)11-6-4-10(3)5-7-11/h4-7,9,12H,8H2,1-3H3,(H,17,20)(H,18,21). The number of nitrogens with one attached hydrogen (secondary N) is 2. The summed E-state index contributed by atoms with van der Waals surface area (Å²) < 4.78 is 1.73. The third-order valence-electron chi connectivity index (χ3n) is 3.95. The minimum absolute atomic E-state index is 0.0542. The molecule has 0 saturated carbocycles. The highest BCUT2D eigenvalue weighted by molar-refractivity contribution is 5.94. The lowest BCUT2D eigenvalue weighted by atomic mass is 9.87. The lowest BCUT2D eigenvalue weighted by molar-refractivity contribution is -0.116. The average molecular weight is 285 g/mol. The molecule has 1 atom stereocenters. The Kier molecular flexibility index (Phi) is 3.20. The molecule has 1 aromatic carbocycles. The van der Waals surface area contributed by atoms with E-state index in [2.05, 4.69) is 10.4 Å². The highest BCUT2D eigenvalue weighted by Gasteiger charge is 2.32. The molecule has 3 rings (SSSR count). The Morgan fingerprint density at radius 3 is 2.48 bits per heavy atom. The molecule has 1 aromatic heterocycles. The number of aromatic amines is 1. The van der Waals surface area contributed by atoms with Crippen LogP contribution in [-0.2, 0) is 4.79 Å². The van der Waals surface area contributed by atoms with Gasteiger partial charge in [-0.2, -0.15) is 0 Å². The van der Waals surface area contributed by atoms with Gasteiger partial charge in [-0.3, -0.25) is 19.4 Å². The molecule has 1 amide bonds. The van der Waals surface area contributed by atoms with Crippen LogP contribution in [0.25, 0.3) is 0 Å². The van der Waals surface area contributed by atoms with Crippen LogP contribution < -0.4 is 10.9 Å². The van der Waals surface area contributed by atoms with Crippen LogP contribution in [0.4, 0.5) is 5.82 Å². The molecule has 0 saturated heterocycles. The normalized spacial score (nSPS) is 17.7. The molecule has 0 spiro atoms. The molecule has 2 heterocycles. The zero-order chi connectivity index (χ0) is 15.1. The number of carbonyl (C=O) groups is 1. The van der Waals surface area contributed by atoms with E-state index >= 15 is 0 Å². The fourth-order valence-electron chi connectivity index (χ4n) is 2.85. The molecule has 1 aliphatic heterocycles. The molecule has 5 nitrogen and oxygen atoms in total. The number of rotatable bonds is 2. The highest BCUT2D eigenvalue weighted by Crippen LogP contribution is 2.35. The number of aromatic nitrogens is 2. The first kappa shape index (κ1) is 13.7. The van der Waals surface area contributed by atoms with Crippen molar-refractivity contribution in [2.45, 2.75) is 39.2 Å². The van der Waals surface area contributed by atoms with Gasteiger partial charge >= 0.3 is 0 Å². The molecule has 21 heavy (non-hydrogen) atoms. The number of anilines is 1. The van der Waals surface area contributed by atoms with Gasteiger partial charge in [0.25, 0.3) is 5.56 Å². The van der Waals surface area contributed by atoms with Gasteiger partial charge in [0.05, 0.1) is 5.56 Å². The van der Waals surface area contributed by atoms with E-state index in [1.165, 1.54) is 0 Å². The fraction of sp³-hybridized carbons (Fsp3) is 0.375. The maximum atomic E-state index is 12.3. The van der Waals surface area contributed by atoms with E-state index in [9.17, 15) is 9.59 Å². The van der Waals surface area contributed by atoms with Crippen molar-refractivity contribution >= 4 is 11.7 Å². The summed E-state index contributed by atoms with van der Waals surface area (Å²) >= 11 is 0. The van der Waals surface area contributed by atoms with Gasteiger partial charge in [-0.25, -0.2) is 0 Å². The quantitative estimate of drug-likeness (QED) is 0.890. The largest absolute Gasteiger partial charge is 0.311 e. The minimum Gasteiger partial charge on any atom is -0.311 e. The van der Waals surface area contributed by atoms with Gasteiger partial charge in [0.2, 0.25) is 5.91 Å². The number of hydrogen-bond donors (Lipinski definition) is 2. The molecule has 2 aromatic rings. The first-order chi connectivity index (χ1) is 9.97. The second kappa shape index (κ2) is 4.91. The van der Waals surface area contributed by atoms with E-state index in [0.29, 0.717) is 17.8 Å². The van der Waals surface area contributed by atoms with E-state index in [-0.39, 0.29) is 23.4 Å². The summed E-state index contributed by atoms with van der Waals surface area (Å²) in [7, 11) is 0. The van der Waals surface area contributed by atoms with Crippen molar-refractivity contribution in [3.63, 3.8) is 0 Å². The first-order valence-electron chi connectivity index (χ1n) is 7.18. The number of hydrogen-bond acceptors (Lipinski definition) is 2. The van der Waals surface area contributed by atoms with Crippen molar-refractivity contribution in [1.82, 2.24) is 9.78 Å². The third kappa shape index (κ3) is 2.28. The van der Waals surface area contributed by atoms with Crippen molar-refractivity contribution < 1.29 is 4.79 Å². The lowest BCUT2D eigenvalue weighted by Gasteiger charge is -2.24. The van der Waals surface area contributed by atoms with E-state index in [1.807, 2.05) is 45.0 Å². The lowest BCUT2D eigenvalue weighted by Crippen LogP contribution is -2.27. The number of H-pyrrole nitrogens is 1. The molecule has 0 radical (unpaired) electrons. The van der Waals surface area contributed by atoms with Crippen LogP contribution in [0.2, 0.25) is 0 Å². The Morgan fingerprint density at radius 1 is 1.19 bits per heavy atom. The van der Waals surface area contributed by atoms with E-state index in [1.54, 1.807) is 4.68 Å². The van der Waals surface area contributed by atoms with Gasteiger partial charge in [0, 0.05) is 18.4 Å². The number of fused-ring (bicyclic) bond motifs is 1. The Morgan fingerprint density at radius 2 is 1.86 bits per heavy atom. The van der Waals surface area contributed by atoms with Crippen LogP contribution in [0.15, 0.2) is 29.1 Å². The van der Waals surface area contributed by atoms with Gasteiger partial charge in [0.15, 0.2) is 0 Å². The SMILES string of the molecule is Cc1ccc(C2CC(=O)Nc3c2c(=O)[nH]n3C(C)C)cc1. The first-order valence-corrected chi connectivity index (χ1v) is 7.18. The molecule has 110 valence electrons. The molecule has 1 unspecified atom stereocenters. The summed E-state index contributed by atoms with van der Waals surface area (Å²) in [6.45, 7) is 5.96. The van der Waals surface area contributed by atoms with Crippen molar-refractivity contribution in [2.75, 3.05) is 5.32 Å². The molecular formula is C16H19N3O2. The summed E-state index contributed by atoms with van der Waals surface area (Å²) in [5, 5.41) is 5.67. The topological polar surface area (TPSA) is 66.9 Å². The molecule has 1 aliphatic rings. The number of aryl methyl sites for hydroxylation is 1. The molecule has 0 fully saturated rings. The number of carbonyl (C=O) groups excluding carboxylic acids is 1. The number of nitrogens with zero attached hydrogens (tertiary/aromatic N) is 1. The zero-order valence-corrected chi connectivity index (χ0v) is 12.4. The van der Waals surface area contributed by atoms with Crippen molar-refractivity contribution in [2.24, 2.45) is 0 Å². The van der Waals surface area contributed by atoms with Gasteiger partial charge in [-0.15, -0.1) is 0 Å². The third-order valence-corrected chi connectivity index (χ3v) is 3.95. The van der Waals surface area contributed by atoms with E-state index in [4.69, 9.17) is 0 Å². The van der Waals surface area contributed by atoms with Gasteiger partial charge < -0.3 is 5.32 Å². The average Bonchev–Trinajstić information content (AvgIpc) is 2.76. The van der Waals surface area contributed by atoms with Crippen LogP contribution in [0.5, 0.6) is 0 Å². The summed E-state index contributed by atoms with van der Waals surface area (Å²) in [6.07, 6.45) is 0.307. The summed E-state index contributed by atoms with van der Waals surface area (Å²) in [4.78, 5) is 24.3. The predicted octanol–water partition coefficient (Wildman–Crippen LogP) is 2.54. The minimum atomic E-state index is -0.182. The van der Waals surface area contributed by atoms with Crippen LogP contribution in [0.1, 0.15) is 48.9 Å². The second-order valence-corrected chi connectivity index (χ2v) is 5.88. The molecular weight excluding hydrogens is 266 g/mol. The van der Waals surface area contributed by atoms with Crippen molar-refractivity contribution in [3.8, 4) is 0 Å². The van der Waals surface area contributed by atoms with Crippen LogP contribution in [0, 0.1) is 6.92 Å².